The molecule has 13 heteroatoms. The van der Waals surface area contributed by atoms with Crippen molar-refractivity contribution >= 4 is 33.5 Å². The zero-order valence-corrected chi connectivity index (χ0v) is 11.9. The zero-order chi connectivity index (χ0) is 19.1. The molecule has 24 heavy (non-hydrogen) atoms. The zero-order valence-electron chi connectivity index (χ0n) is 11.1. The number of hydrogen-bond donors (Lipinski definition) is 3. The first-order valence-electron chi connectivity index (χ1n) is 5.43. The van der Waals surface area contributed by atoms with E-state index in [9.17, 15) is 31.1 Å². The number of hydrogen-bond acceptors (Lipinski definition) is 4. The van der Waals surface area contributed by atoms with Crippen LogP contribution in [0.1, 0.15) is 0 Å². The molecule has 0 saturated heterocycles. The minimum absolute atomic E-state index is 0.0150. The van der Waals surface area contributed by atoms with Crippen LogP contribution in [0, 0.1) is 0 Å². The summed E-state index contributed by atoms with van der Waals surface area (Å²) in [6.45, 7) is 0. The Morgan fingerprint density at radius 1 is 0.917 bits per heavy atom. The molecule has 0 spiro atoms. The van der Waals surface area contributed by atoms with Crippen LogP contribution in [-0.4, -0.2) is 39.5 Å². The molecule has 2 aromatic rings. The Labute approximate surface area is 132 Å². The second kappa shape index (κ2) is 8.33. The SMILES string of the molecule is O=C(O)C(F)(F)F.O=C(O)C(F)(F)F.O=c1[nH]c2ccccc2s1. The van der Waals surface area contributed by atoms with E-state index >= 15 is 0 Å². The summed E-state index contributed by atoms with van der Waals surface area (Å²) in [7, 11) is 0. The van der Waals surface area contributed by atoms with Crippen LogP contribution < -0.4 is 4.87 Å². The topological polar surface area (TPSA) is 107 Å². The molecule has 1 aromatic heterocycles. The van der Waals surface area contributed by atoms with Gasteiger partial charge in [-0.2, -0.15) is 26.3 Å². The third kappa shape index (κ3) is 8.17. The van der Waals surface area contributed by atoms with E-state index in [1.165, 1.54) is 11.3 Å². The van der Waals surface area contributed by atoms with E-state index in [4.69, 9.17) is 19.8 Å². The molecule has 1 aromatic carbocycles. The number of carbonyl (C=O) groups is 2. The Kier molecular flexibility index (Phi) is 7.44. The van der Waals surface area contributed by atoms with Gasteiger partial charge in [-0.05, 0) is 12.1 Å². The van der Waals surface area contributed by atoms with Crippen molar-refractivity contribution in [2.24, 2.45) is 0 Å². The third-order valence-corrected chi connectivity index (χ3v) is 2.67. The van der Waals surface area contributed by atoms with Crippen LogP contribution in [0.3, 0.4) is 0 Å². The molecule has 3 N–H and O–H groups in total. The standard InChI is InChI=1S/C7H5NOS.2C2HF3O2/c9-7-8-5-3-1-2-4-6(5)10-7;2*3-2(4,5)1(6)7/h1-4H,(H,8,9);2*(H,6,7). The van der Waals surface area contributed by atoms with E-state index < -0.39 is 24.3 Å². The quantitative estimate of drug-likeness (QED) is 0.610. The van der Waals surface area contributed by atoms with Gasteiger partial charge in [0.25, 0.3) is 0 Å². The summed E-state index contributed by atoms with van der Waals surface area (Å²) >= 11 is 1.24. The summed E-state index contributed by atoms with van der Waals surface area (Å²) in [4.78, 5) is 31.3. The van der Waals surface area contributed by atoms with E-state index in [1.807, 2.05) is 24.3 Å². The predicted octanol–water partition coefficient (Wildman–Crippen LogP) is 2.86. The second-order valence-corrected chi connectivity index (χ2v) is 4.63. The Hall–Kier alpha value is -2.57. The lowest BCUT2D eigenvalue weighted by atomic mass is 10.3. The van der Waals surface area contributed by atoms with Crippen molar-refractivity contribution in [1.29, 1.82) is 0 Å². The average molecular weight is 379 g/mol. The summed E-state index contributed by atoms with van der Waals surface area (Å²) in [5.74, 6) is -5.51. The van der Waals surface area contributed by atoms with Crippen molar-refractivity contribution in [3.8, 4) is 0 Å². The van der Waals surface area contributed by atoms with E-state index in [-0.39, 0.29) is 4.87 Å². The van der Waals surface area contributed by atoms with Gasteiger partial charge in [0.2, 0.25) is 0 Å². The number of halogens is 6. The molecule has 0 bridgehead atoms. The summed E-state index contributed by atoms with van der Waals surface area (Å²) in [6.07, 6.45) is -10.2. The number of benzene rings is 1. The minimum Gasteiger partial charge on any atom is -0.475 e. The largest absolute Gasteiger partial charge is 0.490 e. The van der Waals surface area contributed by atoms with E-state index in [1.54, 1.807) is 0 Å². The third-order valence-electron chi connectivity index (χ3n) is 1.81. The van der Waals surface area contributed by atoms with E-state index in [2.05, 4.69) is 4.98 Å². The first-order valence-corrected chi connectivity index (χ1v) is 6.25. The minimum atomic E-state index is -5.08. The molecule has 0 fully saturated rings. The molecular weight excluding hydrogens is 372 g/mol. The Bertz CT molecular complexity index is 687. The van der Waals surface area contributed by atoms with Gasteiger partial charge in [0.15, 0.2) is 0 Å². The fourth-order valence-electron chi connectivity index (χ4n) is 0.894. The molecule has 0 saturated carbocycles. The lowest BCUT2D eigenvalue weighted by Gasteiger charge is -1.93. The van der Waals surface area contributed by atoms with Gasteiger partial charge < -0.3 is 15.2 Å². The lowest BCUT2D eigenvalue weighted by Crippen LogP contribution is -2.21. The Morgan fingerprint density at radius 2 is 1.29 bits per heavy atom. The molecule has 0 atom stereocenters. The number of carboxylic acid groups (broad SMARTS) is 2. The molecule has 0 aliphatic heterocycles. The maximum absolute atomic E-state index is 10.8. The molecule has 2 rings (SSSR count). The van der Waals surface area contributed by atoms with Crippen LogP contribution in [-0.2, 0) is 9.59 Å². The smallest absolute Gasteiger partial charge is 0.475 e. The first kappa shape index (κ1) is 21.4. The number of aromatic nitrogens is 1. The van der Waals surface area contributed by atoms with Gasteiger partial charge in [0.1, 0.15) is 0 Å². The highest BCUT2D eigenvalue weighted by atomic mass is 32.1. The molecule has 0 aliphatic rings. The van der Waals surface area contributed by atoms with Crippen LogP contribution >= 0.6 is 11.3 Å². The van der Waals surface area contributed by atoms with Gasteiger partial charge >= 0.3 is 29.2 Å². The normalized spacial score (nSPS) is 10.9. The Morgan fingerprint density at radius 3 is 1.62 bits per heavy atom. The molecule has 6 nitrogen and oxygen atoms in total. The number of fused-ring (bicyclic) bond motifs is 1. The maximum atomic E-state index is 10.8. The number of nitrogens with one attached hydrogen (secondary N) is 1. The van der Waals surface area contributed by atoms with Crippen molar-refractivity contribution < 1.29 is 46.1 Å². The number of rotatable bonds is 0. The van der Waals surface area contributed by atoms with Crippen LogP contribution in [0.2, 0.25) is 0 Å². The van der Waals surface area contributed by atoms with Crippen molar-refractivity contribution in [1.82, 2.24) is 4.98 Å². The highest BCUT2D eigenvalue weighted by molar-refractivity contribution is 7.16. The summed E-state index contributed by atoms with van der Waals surface area (Å²) in [5.41, 5.74) is 0.928. The van der Waals surface area contributed by atoms with Gasteiger partial charge in [-0.1, -0.05) is 23.5 Å². The summed E-state index contributed by atoms with van der Waals surface area (Å²) in [6, 6.07) is 7.65. The fourth-order valence-corrected chi connectivity index (χ4v) is 1.63. The second-order valence-electron chi connectivity index (χ2n) is 3.62. The summed E-state index contributed by atoms with van der Waals surface area (Å²) in [5, 5.41) is 14.2. The van der Waals surface area contributed by atoms with E-state index in [0.717, 1.165) is 10.2 Å². The summed E-state index contributed by atoms with van der Waals surface area (Å²) < 4.78 is 64.5. The highest BCUT2D eigenvalue weighted by Crippen LogP contribution is 2.14. The molecule has 134 valence electrons. The van der Waals surface area contributed by atoms with Gasteiger partial charge in [-0.15, -0.1) is 0 Å². The Balaban J connectivity index is 0.000000343. The molecule has 1 heterocycles. The number of H-pyrrole nitrogens is 1. The maximum Gasteiger partial charge on any atom is 0.490 e. The van der Waals surface area contributed by atoms with Crippen LogP contribution in [0.15, 0.2) is 29.1 Å². The van der Waals surface area contributed by atoms with Crippen LogP contribution in [0.25, 0.3) is 10.2 Å². The number of aromatic amines is 1. The fraction of sp³-hybridized carbons (Fsp3) is 0.182. The molecule has 0 aliphatic carbocycles. The van der Waals surface area contributed by atoms with Crippen molar-refractivity contribution in [2.45, 2.75) is 12.4 Å². The highest BCUT2D eigenvalue weighted by Gasteiger charge is 2.38. The molecule has 0 radical (unpaired) electrons. The average Bonchev–Trinajstić information content (AvgIpc) is 2.77. The van der Waals surface area contributed by atoms with Crippen LogP contribution in [0.4, 0.5) is 26.3 Å². The van der Waals surface area contributed by atoms with E-state index in [0.29, 0.717) is 0 Å². The van der Waals surface area contributed by atoms with Gasteiger partial charge in [0, 0.05) is 0 Å². The number of thiazole rings is 1. The van der Waals surface area contributed by atoms with Gasteiger partial charge in [-0.3, -0.25) is 4.79 Å². The van der Waals surface area contributed by atoms with Crippen molar-refractivity contribution in [3.63, 3.8) is 0 Å². The van der Waals surface area contributed by atoms with Crippen molar-refractivity contribution in [2.75, 3.05) is 0 Å². The molecular formula is C11H7F6NO5S. The molecule has 0 unspecified atom stereocenters. The van der Waals surface area contributed by atoms with Crippen LogP contribution in [0.5, 0.6) is 0 Å². The number of aliphatic carboxylic acids is 2. The molecule has 0 amide bonds. The van der Waals surface area contributed by atoms with Gasteiger partial charge in [0.05, 0.1) is 10.2 Å². The number of alkyl halides is 6. The number of carboxylic acids is 2. The van der Waals surface area contributed by atoms with Gasteiger partial charge in [-0.25, -0.2) is 9.59 Å². The first-order chi connectivity index (χ1) is 10.7. The van der Waals surface area contributed by atoms with Crippen molar-refractivity contribution in [3.05, 3.63) is 33.9 Å². The monoisotopic (exact) mass is 379 g/mol. The number of para-hydroxylation sites is 1. The predicted molar refractivity (Wildman–Crippen MR) is 69.8 cm³/mol. The lowest BCUT2D eigenvalue weighted by molar-refractivity contribution is -0.193.